The van der Waals surface area contributed by atoms with Gasteiger partial charge in [-0.05, 0) is 156 Å². The molecular weight excluding hydrogens is 948 g/mol. The summed E-state index contributed by atoms with van der Waals surface area (Å²) in [6.45, 7) is 6.38. The number of aryl methyl sites for hydroxylation is 5. The van der Waals surface area contributed by atoms with E-state index in [0.29, 0.717) is 5.88 Å². The van der Waals surface area contributed by atoms with Crippen LogP contribution in [0.5, 0.6) is 23.1 Å². The van der Waals surface area contributed by atoms with E-state index < -0.39 is 0 Å². The van der Waals surface area contributed by atoms with Gasteiger partial charge in [0, 0.05) is 60.9 Å². The molecule has 7 nitrogen and oxygen atoms in total. The number of hydrogen-bond donors (Lipinski definition) is 1. The third-order valence-electron chi connectivity index (χ3n) is 16.7. The highest BCUT2D eigenvalue weighted by Gasteiger charge is 2.49. The number of aromatic amines is 1. The first-order chi connectivity index (χ1) is 37.4. The molecule has 1 aliphatic carbocycles. The van der Waals surface area contributed by atoms with Crippen LogP contribution in [0, 0.1) is 20.8 Å². The van der Waals surface area contributed by atoms with Crippen LogP contribution >= 0.6 is 11.3 Å². The Balaban J connectivity index is 0.975. The number of thiophene rings is 1. The topological polar surface area (TPSA) is 56.9 Å². The van der Waals surface area contributed by atoms with Crippen LogP contribution in [0.1, 0.15) is 40.7 Å². The first kappa shape index (κ1) is 43.7. The van der Waals surface area contributed by atoms with Crippen molar-refractivity contribution in [1.29, 1.82) is 0 Å². The normalized spacial score (nSPS) is 14.1. The lowest BCUT2D eigenvalue weighted by Gasteiger charge is -2.41. The van der Waals surface area contributed by atoms with E-state index in [4.69, 9.17) is 14.6 Å². The maximum absolute atomic E-state index is 7.54. The van der Waals surface area contributed by atoms with Crippen molar-refractivity contribution in [3.05, 3.63) is 216 Å². The number of hydrogen-bond acceptors (Lipinski definition) is 7. The number of nitrogens with one attached hydrogen (secondary N) is 1. The van der Waals surface area contributed by atoms with Crippen LogP contribution in [0.15, 0.2) is 188 Å². The molecule has 0 saturated carbocycles. The van der Waals surface area contributed by atoms with Gasteiger partial charge in [-0.3, -0.25) is 4.90 Å². The number of aromatic nitrogens is 2. The summed E-state index contributed by atoms with van der Waals surface area (Å²) >= 11 is 1.92. The summed E-state index contributed by atoms with van der Waals surface area (Å²) in [5, 5.41) is 9.60. The Hall–Kier alpha value is -8.72. The second-order valence-electron chi connectivity index (χ2n) is 21.1. The molecule has 9 aromatic carbocycles. The molecule has 0 fully saturated rings. The molecule has 11 aromatic rings. The van der Waals surface area contributed by atoms with Gasteiger partial charge in [0.1, 0.15) is 17.2 Å². The van der Waals surface area contributed by atoms with Gasteiger partial charge in [-0.25, -0.2) is 5.10 Å². The molecule has 362 valence electrons. The van der Waals surface area contributed by atoms with E-state index in [9.17, 15) is 0 Å². The van der Waals surface area contributed by atoms with E-state index in [2.05, 4.69) is 229 Å². The number of nitrogens with zero attached hydrogens (tertiary/aromatic N) is 4. The van der Waals surface area contributed by atoms with Crippen molar-refractivity contribution in [3.8, 4) is 34.3 Å². The lowest BCUT2D eigenvalue weighted by molar-refractivity contribution is 0.453. The zero-order valence-electron chi connectivity index (χ0n) is 42.4. The van der Waals surface area contributed by atoms with Crippen LogP contribution in [-0.2, 0) is 12.8 Å². The van der Waals surface area contributed by atoms with Gasteiger partial charge < -0.3 is 19.3 Å². The second-order valence-corrected chi connectivity index (χ2v) is 22.2. The molecule has 76 heavy (non-hydrogen) atoms. The maximum Gasteiger partial charge on any atom is 0.268 e. The van der Waals surface area contributed by atoms with Crippen LogP contribution in [0.4, 0.5) is 51.3 Å². The molecule has 0 unspecified atom stereocenters. The van der Waals surface area contributed by atoms with Gasteiger partial charge in [0.2, 0.25) is 5.88 Å². The molecule has 16 rings (SSSR count). The molecule has 0 atom stereocenters. The van der Waals surface area contributed by atoms with Crippen LogP contribution < -0.4 is 56.3 Å². The van der Waals surface area contributed by atoms with E-state index in [1.165, 1.54) is 94.6 Å². The fourth-order valence-electron chi connectivity index (χ4n) is 13.3. The molecule has 0 amide bonds. The van der Waals surface area contributed by atoms with Crippen molar-refractivity contribution in [2.24, 2.45) is 0 Å². The Morgan fingerprint density at radius 1 is 0.539 bits per heavy atom. The third kappa shape index (κ3) is 6.40. The lowest BCUT2D eigenvalue weighted by atomic mass is 9.32. The fourth-order valence-corrected chi connectivity index (χ4v) is 14.7. The van der Waals surface area contributed by atoms with Crippen molar-refractivity contribution in [3.63, 3.8) is 0 Å². The Bertz CT molecular complexity index is 4210. The Morgan fingerprint density at radius 2 is 1.28 bits per heavy atom. The van der Waals surface area contributed by atoms with Gasteiger partial charge in [-0.2, -0.15) is 5.10 Å². The quantitative estimate of drug-likeness (QED) is 0.168. The average molecular weight is 998 g/mol. The van der Waals surface area contributed by atoms with Crippen molar-refractivity contribution in [2.75, 3.05) is 14.7 Å². The molecule has 0 bridgehead atoms. The largest absolute Gasteiger partial charge is 0.458 e. The van der Waals surface area contributed by atoms with Crippen LogP contribution in [0.2, 0.25) is 0 Å². The Labute approximate surface area is 446 Å². The highest BCUT2D eigenvalue weighted by Crippen LogP contribution is 2.51. The van der Waals surface area contributed by atoms with Crippen LogP contribution in [0.25, 0.3) is 21.2 Å². The molecule has 4 aliphatic heterocycles. The smallest absolute Gasteiger partial charge is 0.268 e. The van der Waals surface area contributed by atoms with E-state index in [-0.39, 0.29) is 13.4 Å². The minimum atomic E-state index is -0.161. The molecular formula is C66H49B2N5O2S. The second kappa shape index (κ2) is 16.6. The zero-order chi connectivity index (χ0) is 50.3. The van der Waals surface area contributed by atoms with Crippen LogP contribution in [0.3, 0.4) is 0 Å². The summed E-state index contributed by atoms with van der Waals surface area (Å²) < 4.78 is 17.1. The number of rotatable bonds is 6. The van der Waals surface area contributed by atoms with E-state index in [1.54, 1.807) is 0 Å². The predicted octanol–water partition coefficient (Wildman–Crippen LogP) is 13.4. The van der Waals surface area contributed by atoms with Gasteiger partial charge in [-0.1, -0.05) is 127 Å². The number of para-hydroxylation sites is 4. The van der Waals surface area contributed by atoms with Gasteiger partial charge in [-0.15, -0.1) is 11.3 Å². The molecule has 0 radical (unpaired) electrons. The highest BCUT2D eigenvalue weighted by molar-refractivity contribution is 7.33. The van der Waals surface area contributed by atoms with Crippen LogP contribution in [-0.4, -0.2) is 23.6 Å². The maximum atomic E-state index is 7.54. The predicted molar refractivity (Wildman–Crippen MR) is 317 cm³/mol. The lowest BCUT2D eigenvalue weighted by Crippen LogP contribution is -2.62. The van der Waals surface area contributed by atoms with Crippen molar-refractivity contribution >= 4 is 118 Å². The number of benzene rings is 9. The van der Waals surface area contributed by atoms with Gasteiger partial charge in [0.05, 0.1) is 17.1 Å². The van der Waals surface area contributed by atoms with E-state index in [1.807, 2.05) is 11.3 Å². The number of anilines is 9. The Morgan fingerprint density at radius 3 is 2.12 bits per heavy atom. The fraction of sp³-hybridized carbons (Fsp3) is 0.106. The summed E-state index contributed by atoms with van der Waals surface area (Å²) in [6, 6.07) is 69.2. The molecule has 0 saturated heterocycles. The number of H-pyrrole nitrogens is 1. The standard InChI is InChI=1S/C66H49B2N5O2S/c1-39-17-10-14-27-53(39)72(62-40(2)18-16-19-41(62)3)48-35-55-60-58(36-48)74-56-38-57-51(67-50-26-13-15-28-54(50)73(46-24-8-5-9-25-46)65-61(67)66(75-57)70-69-65)37-52(56)68(60)64-63(71(55)47-31-29-43-22-11-12-23-44(43)33-47)49-32-30-45(34-59(49)76-64)42-20-6-4-7-21-42/h4-10,13-21,24-38H,11-12,22-23H2,1-3H3,(H,69,70). The monoisotopic (exact) mass is 997 g/mol. The SMILES string of the molecule is Cc1ccccc1N(c1cc2c3c(c1)N(c1ccc4c(c1)CCCC4)c1c(sc4cc(-c5ccccc5)ccc14)B3c1cc3c(cc1O2)Oc1[nH]nc2c1B3c1ccccc1N2c1ccccc1)c1c(C)cccc1C. The summed E-state index contributed by atoms with van der Waals surface area (Å²) in [5.74, 6) is 3.91. The van der Waals surface area contributed by atoms with Crippen molar-refractivity contribution in [2.45, 2.75) is 46.5 Å². The summed E-state index contributed by atoms with van der Waals surface area (Å²) in [6.07, 6.45) is 4.64. The highest BCUT2D eigenvalue weighted by atomic mass is 32.1. The molecule has 2 aromatic heterocycles. The molecule has 6 heterocycles. The summed E-state index contributed by atoms with van der Waals surface area (Å²) in [4.78, 5) is 7.33. The Kier molecular flexibility index (Phi) is 9.56. The molecule has 10 heteroatoms. The summed E-state index contributed by atoms with van der Waals surface area (Å²) in [5.41, 5.74) is 23.6. The van der Waals surface area contributed by atoms with E-state index in [0.717, 1.165) is 80.7 Å². The van der Waals surface area contributed by atoms with Gasteiger partial charge in [0.15, 0.2) is 5.82 Å². The average Bonchev–Trinajstić information content (AvgIpc) is 4.10. The number of ether oxygens (including phenoxy) is 2. The molecule has 1 N–H and O–H groups in total. The minimum absolute atomic E-state index is 0.136. The molecule has 5 aliphatic rings. The van der Waals surface area contributed by atoms with Crippen molar-refractivity contribution in [1.82, 2.24) is 10.2 Å². The first-order valence-corrected chi connectivity index (χ1v) is 27.4. The first-order valence-electron chi connectivity index (χ1n) is 26.6. The minimum Gasteiger partial charge on any atom is -0.458 e. The van der Waals surface area contributed by atoms with E-state index >= 15 is 0 Å². The van der Waals surface area contributed by atoms with Gasteiger partial charge in [0.25, 0.3) is 13.4 Å². The van der Waals surface area contributed by atoms with Crippen molar-refractivity contribution < 1.29 is 9.47 Å². The number of fused-ring (bicyclic) bond motifs is 11. The van der Waals surface area contributed by atoms with Gasteiger partial charge >= 0.3 is 0 Å². The molecule has 0 spiro atoms. The zero-order valence-corrected chi connectivity index (χ0v) is 43.2. The third-order valence-corrected chi connectivity index (χ3v) is 17.9. The summed E-state index contributed by atoms with van der Waals surface area (Å²) in [7, 11) is 0.